The number of nitrogens with one attached hydrogen (secondary N) is 1. The lowest BCUT2D eigenvalue weighted by atomic mass is 9.96. The van der Waals surface area contributed by atoms with Gasteiger partial charge in [0, 0.05) is 33.4 Å². The second-order valence-electron chi connectivity index (χ2n) is 4.64. The van der Waals surface area contributed by atoms with Crippen molar-refractivity contribution >= 4 is 43.2 Å². The van der Waals surface area contributed by atoms with Gasteiger partial charge >= 0.3 is 0 Å². The minimum atomic E-state index is -0.271. The molecule has 0 spiro atoms. The van der Waals surface area contributed by atoms with Crippen LogP contribution in [0.1, 0.15) is 29.0 Å². The molecule has 0 saturated heterocycles. The summed E-state index contributed by atoms with van der Waals surface area (Å²) in [5.41, 5.74) is 1.01. The maximum Gasteiger partial charge on any atom is 0.135 e. The monoisotopic (exact) mass is 419 g/mol. The van der Waals surface area contributed by atoms with Gasteiger partial charge in [-0.3, -0.25) is 0 Å². The number of fused-ring (bicyclic) bond motifs is 1. The second kappa shape index (κ2) is 5.75. The van der Waals surface area contributed by atoms with E-state index in [4.69, 9.17) is 4.74 Å². The molecule has 1 aromatic heterocycles. The van der Waals surface area contributed by atoms with Gasteiger partial charge in [-0.15, -0.1) is 11.3 Å². The molecule has 0 amide bonds. The SMILES string of the molecule is CNC1CC(c2cc(Br)c(Br)s2)Oc2cc(F)ccc21. The molecule has 20 heavy (non-hydrogen) atoms. The number of rotatable bonds is 2. The Morgan fingerprint density at radius 2 is 2.15 bits per heavy atom. The molecule has 2 heterocycles. The maximum atomic E-state index is 13.4. The van der Waals surface area contributed by atoms with Crippen molar-refractivity contribution in [2.45, 2.75) is 18.6 Å². The Morgan fingerprint density at radius 1 is 1.35 bits per heavy atom. The van der Waals surface area contributed by atoms with Crippen LogP contribution in [-0.2, 0) is 0 Å². The van der Waals surface area contributed by atoms with Gasteiger partial charge in [0.15, 0.2) is 0 Å². The third kappa shape index (κ3) is 2.66. The average Bonchev–Trinajstić information content (AvgIpc) is 2.77. The quantitative estimate of drug-likeness (QED) is 0.721. The maximum absolute atomic E-state index is 13.4. The molecule has 3 rings (SSSR count). The lowest BCUT2D eigenvalue weighted by Gasteiger charge is -2.31. The summed E-state index contributed by atoms with van der Waals surface area (Å²) in [6.07, 6.45) is 0.767. The van der Waals surface area contributed by atoms with E-state index in [0.717, 1.165) is 25.1 Å². The molecule has 2 unspecified atom stereocenters. The fourth-order valence-electron chi connectivity index (χ4n) is 2.41. The highest BCUT2D eigenvalue weighted by molar-refractivity contribution is 9.13. The summed E-state index contributed by atoms with van der Waals surface area (Å²) in [4.78, 5) is 1.12. The van der Waals surface area contributed by atoms with Crippen molar-refractivity contribution in [2.24, 2.45) is 0 Å². The normalized spacial score (nSPS) is 21.4. The van der Waals surface area contributed by atoms with E-state index in [1.807, 2.05) is 7.05 Å². The molecule has 2 nitrogen and oxygen atoms in total. The Balaban J connectivity index is 1.97. The lowest BCUT2D eigenvalue weighted by Crippen LogP contribution is -2.26. The van der Waals surface area contributed by atoms with Gasteiger partial charge in [-0.1, -0.05) is 6.07 Å². The van der Waals surface area contributed by atoms with Crippen LogP contribution in [0.4, 0.5) is 4.39 Å². The molecule has 2 aromatic rings. The number of benzene rings is 1. The number of halogens is 3. The number of thiophene rings is 1. The Kier molecular flexibility index (Phi) is 4.17. The average molecular weight is 421 g/mol. The number of hydrogen-bond acceptors (Lipinski definition) is 3. The standard InChI is InChI=1S/C14H12Br2FNOS/c1-18-10-6-12(13-5-9(15)14(16)20-13)19-11-4-7(17)2-3-8(10)11/h2-5,10,12,18H,6H2,1H3. The van der Waals surface area contributed by atoms with Crippen LogP contribution in [0.2, 0.25) is 0 Å². The zero-order chi connectivity index (χ0) is 14.3. The Hall–Kier alpha value is -0.430. The van der Waals surface area contributed by atoms with E-state index in [1.165, 1.54) is 12.1 Å². The van der Waals surface area contributed by atoms with Gasteiger partial charge in [-0.05, 0) is 51.0 Å². The van der Waals surface area contributed by atoms with Crippen LogP contribution in [-0.4, -0.2) is 7.05 Å². The molecule has 1 aliphatic heterocycles. The van der Waals surface area contributed by atoms with Crippen molar-refractivity contribution in [3.8, 4) is 5.75 Å². The number of hydrogen-bond donors (Lipinski definition) is 1. The molecule has 0 radical (unpaired) electrons. The smallest absolute Gasteiger partial charge is 0.135 e. The predicted molar refractivity (Wildman–Crippen MR) is 85.9 cm³/mol. The molecule has 106 valence electrons. The Morgan fingerprint density at radius 3 is 2.80 bits per heavy atom. The summed E-state index contributed by atoms with van der Waals surface area (Å²) >= 11 is 8.62. The minimum absolute atomic E-state index is 0.0608. The van der Waals surface area contributed by atoms with E-state index in [0.29, 0.717) is 5.75 Å². The van der Waals surface area contributed by atoms with Gasteiger partial charge in [-0.2, -0.15) is 0 Å². The van der Waals surface area contributed by atoms with E-state index < -0.39 is 0 Å². The highest BCUT2D eigenvalue weighted by Crippen LogP contribution is 2.45. The minimum Gasteiger partial charge on any atom is -0.484 e. The zero-order valence-electron chi connectivity index (χ0n) is 10.6. The summed E-state index contributed by atoms with van der Waals surface area (Å²) < 4.78 is 21.5. The molecular weight excluding hydrogens is 409 g/mol. The molecular formula is C14H12Br2FNOS. The van der Waals surface area contributed by atoms with Crippen LogP contribution in [0, 0.1) is 5.82 Å². The van der Waals surface area contributed by atoms with Crippen molar-refractivity contribution in [1.82, 2.24) is 5.32 Å². The first kappa shape index (κ1) is 14.5. The summed E-state index contributed by atoms with van der Waals surface area (Å²) in [5, 5.41) is 3.28. The van der Waals surface area contributed by atoms with E-state index in [1.54, 1.807) is 17.4 Å². The van der Waals surface area contributed by atoms with Crippen molar-refractivity contribution in [1.29, 1.82) is 0 Å². The predicted octanol–water partition coefficient (Wildman–Crippen LogP) is 5.20. The van der Waals surface area contributed by atoms with Crippen LogP contribution in [0.5, 0.6) is 5.75 Å². The fraction of sp³-hybridized carbons (Fsp3) is 0.286. The van der Waals surface area contributed by atoms with Crippen LogP contribution >= 0.6 is 43.2 Å². The van der Waals surface area contributed by atoms with Crippen LogP contribution in [0.15, 0.2) is 32.5 Å². The molecule has 0 bridgehead atoms. The summed E-state index contributed by atoms with van der Waals surface area (Å²) in [6, 6.07) is 6.96. The molecule has 1 aliphatic rings. The van der Waals surface area contributed by atoms with Gasteiger partial charge in [0.1, 0.15) is 17.7 Å². The Labute approximate surface area is 137 Å². The van der Waals surface area contributed by atoms with Gasteiger partial charge in [0.05, 0.1) is 3.79 Å². The third-order valence-electron chi connectivity index (χ3n) is 3.40. The van der Waals surface area contributed by atoms with E-state index >= 15 is 0 Å². The van der Waals surface area contributed by atoms with Gasteiger partial charge < -0.3 is 10.1 Å². The van der Waals surface area contributed by atoms with Crippen molar-refractivity contribution in [3.05, 3.63) is 48.8 Å². The van der Waals surface area contributed by atoms with E-state index in [-0.39, 0.29) is 18.0 Å². The number of ether oxygens (including phenoxy) is 1. The van der Waals surface area contributed by atoms with E-state index in [9.17, 15) is 4.39 Å². The molecule has 0 saturated carbocycles. The van der Waals surface area contributed by atoms with Gasteiger partial charge in [-0.25, -0.2) is 4.39 Å². The van der Waals surface area contributed by atoms with Crippen molar-refractivity contribution in [2.75, 3.05) is 7.05 Å². The van der Waals surface area contributed by atoms with Gasteiger partial charge in [0.25, 0.3) is 0 Å². The van der Waals surface area contributed by atoms with Crippen LogP contribution in [0.25, 0.3) is 0 Å². The zero-order valence-corrected chi connectivity index (χ0v) is 14.6. The topological polar surface area (TPSA) is 21.3 Å². The van der Waals surface area contributed by atoms with Crippen LogP contribution in [0.3, 0.4) is 0 Å². The van der Waals surface area contributed by atoms with Crippen molar-refractivity contribution in [3.63, 3.8) is 0 Å². The lowest BCUT2D eigenvalue weighted by molar-refractivity contribution is 0.156. The first-order valence-electron chi connectivity index (χ1n) is 6.16. The summed E-state index contributed by atoms with van der Waals surface area (Å²) in [5.74, 6) is 0.356. The highest BCUT2D eigenvalue weighted by atomic mass is 79.9. The van der Waals surface area contributed by atoms with Crippen molar-refractivity contribution < 1.29 is 9.13 Å². The summed E-state index contributed by atoms with van der Waals surface area (Å²) in [7, 11) is 1.92. The molecule has 0 aliphatic carbocycles. The molecule has 2 atom stereocenters. The molecule has 6 heteroatoms. The first-order valence-corrected chi connectivity index (χ1v) is 8.57. The largest absolute Gasteiger partial charge is 0.484 e. The second-order valence-corrected chi connectivity index (χ2v) is 7.89. The molecule has 1 aromatic carbocycles. The highest BCUT2D eigenvalue weighted by Gasteiger charge is 2.30. The fourth-order valence-corrected chi connectivity index (χ4v) is 4.54. The summed E-state index contributed by atoms with van der Waals surface area (Å²) in [6.45, 7) is 0. The van der Waals surface area contributed by atoms with E-state index in [2.05, 4.69) is 43.2 Å². The molecule has 1 N–H and O–H groups in total. The third-order valence-corrected chi connectivity index (χ3v) is 6.75. The van der Waals surface area contributed by atoms with Crippen LogP contribution < -0.4 is 10.1 Å². The molecule has 0 fully saturated rings. The first-order chi connectivity index (χ1) is 9.58. The van der Waals surface area contributed by atoms with Gasteiger partial charge in [0.2, 0.25) is 0 Å². The Bertz CT molecular complexity index is 627.